The van der Waals surface area contributed by atoms with Gasteiger partial charge in [0.1, 0.15) is 11.3 Å². The van der Waals surface area contributed by atoms with Gasteiger partial charge in [0.05, 0.1) is 12.5 Å². The van der Waals surface area contributed by atoms with Crippen LogP contribution in [0.4, 0.5) is 8.78 Å². The second-order valence-electron chi connectivity index (χ2n) is 2.56. The summed E-state index contributed by atoms with van der Waals surface area (Å²) in [7, 11) is 0. The number of aromatic nitrogens is 1. The Labute approximate surface area is 77.4 Å². The van der Waals surface area contributed by atoms with Gasteiger partial charge < -0.3 is 10.1 Å². The number of H-pyrrole nitrogens is 1. The Morgan fingerprint density at radius 2 is 2.29 bits per heavy atom. The molecule has 2 N–H and O–H groups in total. The first-order chi connectivity index (χ1) is 6.56. The highest BCUT2D eigenvalue weighted by Crippen LogP contribution is 2.24. The highest BCUT2D eigenvalue weighted by Gasteiger charge is 2.18. The Morgan fingerprint density at radius 1 is 1.64 bits per heavy atom. The van der Waals surface area contributed by atoms with Gasteiger partial charge in [0.15, 0.2) is 0 Å². The van der Waals surface area contributed by atoms with Crippen molar-refractivity contribution in [1.82, 2.24) is 4.98 Å². The number of nitriles is 1. The van der Waals surface area contributed by atoms with Gasteiger partial charge in [-0.15, -0.1) is 0 Å². The van der Waals surface area contributed by atoms with E-state index in [1.165, 1.54) is 0 Å². The maximum Gasteiger partial charge on any atom is 0.272 e. The van der Waals surface area contributed by atoms with Crippen LogP contribution in [0.15, 0.2) is 10.9 Å². The number of nitrogens with zero attached hydrogens (tertiary/aromatic N) is 1. The number of hydrogen-bond donors (Lipinski definition) is 2. The third kappa shape index (κ3) is 1.88. The number of halogens is 2. The van der Waals surface area contributed by atoms with E-state index in [-0.39, 0.29) is 12.1 Å². The molecular weight excluding hydrogens is 194 g/mol. The minimum Gasteiger partial charge on any atom is -0.507 e. The molecule has 0 aliphatic rings. The second-order valence-corrected chi connectivity index (χ2v) is 2.56. The van der Waals surface area contributed by atoms with Crippen molar-refractivity contribution < 1.29 is 13.9 Å². The first-order valence-electron chi connectivity index (χ1n) is 3.66. The summed E-state index contributed by atoms with van der Waals surface area (Å²) in [5.74, 6) is -0.783. The van der Waals surface area contributed by atoms with Crippen molar-refractivity contribution >= 4 is 0 Å². The predicted molar refractivity (Wildman–Crippen MR) is 43.0 cm³/mol. The van der Waals surface area contributed by atoms with Crippen molar-refractivity contribution in [2.24, 2.45) is 0 Å². The quantitative estimate of drug-likeness (QED) is 0.749. The van der Waals surface area contributed by atoms with Gasteiger partial charge in [-0.2, -0.15) is 5.26 Å². The average Bonchev–Trinajstić information content (AvgIpc) is 2.01. The van der Waals surface area contributed by atoms with Crippen LogP contribution in [0.3, 0.4) is 0 Å². The Hall–Kier alpha value is -1.90. The summed E-state index contributed by atoms with van der Waals surface area (Å²) in [4.78, 5) is 13.1. The first-order valence-corrected chi connectivity index (χ1v) is 3.66. The minimum absolute atomic E-state index is 0.111. The van der Waals surface area contributed by atoms with Crippen LogP contribution in [-0.4, -0.2) is 10.1 Å². The van der Waals surface area contributed by atoms with Crippen molar-refractivity contribution in [3.63, 3.8) is 0 Å². The largest absolute Gasteiger partial charge is 0.507 e. The molecule has 0 atom stereocenters. The van der Waals surface area contributed by atoms with E-state index < -0.39 is 23.3 Å². The van der Waals surface area contributed by atoms with E-state index in [1.54, 1.807) is 6.07 Å². The average molecular weight is 200 g/mol. The van der Waals surface area contributed by atoms with Crippen molar-refractivity contribution in [1.29, 1.82) is 5.26 Å². The van der Waals surface area contributed by atoms with Crippen LogP contribution in [0.5, 0.6) is 5.75 Å². The monoisotopic (exact) mass is 200 g/mol. The molecule has 0 saturated heterocycles. The highest BCUT2D eigenvalue weighted by molar-refractivity contribution is 5.33. The van der Waals surface area contributed by atoms with Crippen LogP contribution in [0, 0.1) is 11.3 Å². The Bertz CT molecular complexity index is 434. The molecule has 6 heteroatoms. The number of pyridine rings is 1. The number of nitrogens with one attached hydrogen (secondary N) is 1. The molecule has 1 heterocycles. The van der Waals surface area contributed by atoms with Crippen molar-refractivity contribution in [2.75, 3.05) is 0 Å². The molecule has 1 aromatic heterocycles. The molecule has 0 spiro atoms. The van der Waals surface area contributed by atoms with Crippen LogP contribution in [-0.2, 0) is 6.42 Å². The lowest BCUT2D eigenvalue weighted by Crippen LogP contribution is -2.14. The highest BCUT2D eigenvalue weighted by atomic mass is 19.3. The standard InChI is InChI=1S/C8H6F2N2O2/c9-7(10)6-5(13)3-4(1-2-11)12-8(6)14/h3,7H,1H2,(H2,12,13,14). The van der Waals surface area contributed by atoms with Gasteiger partial charge in [0, 0.05) is 11.8 Å². The van der Waals surface area contributed by atoms with Gasteiger partial charge in [-0.05, 0) is 0 Å². The van der Waals surface area contributed by atoms with E-state index in [9.17, 15) is 13.6 Å². The molecule has 0 amide bonds. The topological polar surface area (TPSA) is 76.9 Å². The fourth-order valence-electron chi connectivity index (χ4n) is 1.000. The van der Waals surface area contributed by atoms with Gasteiger partial charge in [-0.25, -0.2) is 8.78 Å². The van der Waals surface area contributed by atoms with Crippen LogP contribution >= 0.6 is 0 Å². The van der Waals surface area contributed by atoms with E-state index >= 15 is 0 Å². The molecule has 0 aliphatic heterocycles. The summed E-state index contributed by atoms with van der Waals surface area (Å²) >= 11 is 0. The summed E-state index contributed by atoms with van der Waals surface area (Å²) in [6.45, 7) is 0. The lowest BCUT2D eigenvalue weighted by atomic mass is 10.2. The summed E-state index contributed by atoms with van der Waals surface area (Å²) in [6, 6.07) is 2.67. The van der Waals surface area contributed by atoms with E-state index in [0.29, 0.717) is 0 Å². The summed E-state index contributed by atoms with van der Waals surface area (Å²) < 4.78 is 24.3. The smallest absolute Gasteiger partial charge is 0.272 e. The molecule has 14 heavy (non-hydrogen) atoms. The summed E-state index contributed by atoms with van der Waals surface area (Å²) in [5, 5.41) is 17.3. The zero-order valence-electron chi connectivity index (χ0n) is 6.92. The third-order valence-corrected chi connectivity index (χ3v) is 1.59. The Morgan fingerprint density at radius 3 is 2.71 bits per heavy atom. The summed E-state index contributed by atoms with van der Waals surface area (Å²) in [5.41, 5.74) is -1.92. The van der Waals surface area contributed by atoms with E-state index in [2.05, 4.69) is 4.98 Å². The molecule has 4 nitrogen and oxygen atoms in total. The molecule has 0 radical (unpaired) electrons. The molecule has 0 bridgehead atoms. The van der Waals surface area contributed by atoms with E-state index in [1.807, 2.05) is 0 Å². The molecule has 0 aromatic carbocycles. The zero-order chi connectivity index (χ0) is 10.7. The fourth-order valence-corrected chi connectivity index (χ4v) is 1.000. The van der Waals surface area contributed by atoms with Crippen molar-refractivity contribution in [3.05, 3.63) is 27.7 Å². The molecule has 0 unspecified atom stereocenters. The van der Waals surface area contributed by atoms with Crippen LogP contribution in [0.25, 0.3) is 0 Å². The SMILES string of the molecule is N#CCc1cc(O)c(C(F)F)c(=O)[nH]1. The first kappa shape index (κ1) is 10.2. The number of aromatic hydroxyl groups is 1. The van der Waals surface area contributed by atoms with Crippen molar-refractivity contribution in [2.45, 2.75) is 12.8 Å². The van der Waals surface area contributed by atoms with Gasteiger partial charge >= 0.3 is 0 Å². The van der Waals surface area contributed by atoms with E-state index in [4.69, 9.17) is 10.4 Å². The molecule has 74 valence electrons. The molecular formula is C8H6F2N2O2. The third-order valence-electron chi connectivity index (χ3n) is 1.59. The van der Waals surface area contributed by atoms with Crippen LogP contribution in [0.2, 0.25) is 0 Å². The molecule has 0 aliphatic carbocycles. The van der Waals surface area contributed by atoms with Gasteiger partial charge in [0.2, 0.25) is 0 Å². The number of rotatable bonds is 2. The maximum absolute atomic E-state index is 12.2. The maximum atomic E-state index is 12.2. The number of alkyl halides is 2. The number of hydrogen-bond acceptors (Lipinski definition) is 3. The lowest BCUT2D eigenvalue weighted by Gasteiger charge is -2.03. The van der Waals surface area contributed by atoms with Gasteiger partial charge in [-0.3, -0.25) is 4.79 Å². The van der Waals surface area contributed by atoms with Crippen molar-refractivity contribution in [3.8, 4) is 11.8 Å². The Balaban J connectivity index is 3.27. The van der Waals surface area contributed by atoms with Gasteiger partial charge in [0.25, 0.3) is 12.0 Å². The normalized spacial score (nSPS) is 10.1. The number of aromatic amines is 1. The lowest BCUT2D eigenvalue weighted by molar-refractivity contribution is 0.145. The predicted octanol–water partition coefficient (Wildman–Crippen LogP) is 1.08. The summed E-state index contributed by atoms with van der Waals surface area (Å²) in [6.07, 6.45) is -3.18. The van der Waals surface area contributed by atoms with Gasteiger partial charge in [-0.1, -0.05) is 0 Å². The molecule has 1 aromatic rings. The zero-order valence-corrected chi connectivity index (χ0v) is 6.92. The second kappa shape index (κ2) is 3.87. The van der Waals surface area contributed by atoms with Crippen LogP contribution in [0.1, 0.15) is 17.7 Å². The van der Waals surface area contributed by atoms with Crippen LogP contribution < -0.4 is 5.56 Å². The Kier molecular flexibility index (Phi) is 2.82. The fraction of sp³-hybridized carbons (Fsp3) is 0.250. The molecule has 0 fully saturated rings. The minimum atomic E-state index is -3.03. The van der Waals surface area contributed by atoms with E-state index in [0.717, 1.165) is 6.07 Å². The molecule has 1 rings (SSSR count). The molecule has 0 saturated carbocycles.